The van der Waals surface area contributed by atoms with Crippen LogP contribution in [0.5, 0.6) is 0 Å². The Kier molecular flexibility index (Phi) is 5.20. The first-order valence-corrected chi connectivity index (χ1v) is 7.43. The molecule has 116 valence electrons. The number of rotatable bonds is 8. The summed E-state index contributed by atoms with van der Waals surface area (Å²) in [5.41, 5.74) is 7.46. The van der Waals surface area contributed by atoms with Crippen LogP contribution in [0.2, 0.25) is 0 Å². The number of carbonyl (C=O) groups excluding carboxylic acids is 1. The van der Waals surface area contributed by atoms with Crippen LogP contribution < -0.4 is 16.4 Å². The quantitative estimate of drug-likeness (QED) is 0.689. The fourth-order valence-corrected chi connectivity index (χ4v) is 2.50. The number of urea groups is 1. The lowest BCUT2D eigenvalue weighted by atomic mass is 10.0. The van der Waals surface area contributed by atoms with Gasteiger partial charge in [-0.2, -0.15) is 0 Å². The van der Waals surface area contributed by atoms with Crippen LogP contribution in [-0.4, -0.2) is 26.3 Å². The van der Waals surface area contributed by atoms with Gasteiger partial charge < -0.3 is 21.1 Å². The number of hydrogen-bond acceptors (Lipinski definition) is 3. The Morgan fingerprint density at radius 3 is 2.57 bits per heavy atom. The molecule has 5 nitrogen and oxygen atoms in total. The summed E-state index contributed by atoms with van der Waals surface area (Å²) < 4.78 is 5.18. The molecule has 0 aromatic heterocycles. The van der Waals surface area contributed by atoms with E-state index in [2.05, 4.69) is 17.6 Å². The third-order valence-electron chi connectivity index (χ3n) is 4.26. The zero-order valence-corrected chi connectivity index (χ0v) is 12.8. The summed E-state index contributed by atoms with van der Waals surface area (Å²) >= 11 is 0. The Morgan fingerprint density at radius 2 is 2.05 bits per heavy atom. The molecule has 4 N–H and O–H groups in total. The van der Waals surface area contributed by atoms with Crippen LogP contribution in [0.1, 0.15) is 37.8 Å². The molecule has 21 heavy (non-hydrogen) atoms. The van der Waals surface area contributed by atoms with Crippen molar-refractivity contribution >= 4 is 11.7 Å². The number of anilines is 1. The predicted molar refractivity (Wildman–Crippen MR) is 84.2 cm³/mol. The Bertz CT molecular complexity index is 469. The first kappa shape index (κ1) is 15.8. The van der Waals surface area contributed by atoms with Gasteiger partial charge in [0.2, 0.25) is 0 Å². The lowest BCUT2D eigenvalue weighted by molar-refractivity contribution is 0.170. The second kappa shape index (κ2) is 6.91. The number of amides is 2. The number of methoxy groups -OCH3 is 1. The van der Waals surface area contributed by atoms with Crippen molar-refractivity contribution < 1.29 is 9.53 Å². The molecule has 1 fully saturated rings. The summed E-state index contributed by atoms with van der Waals surface area (Å²) in [5, 5.41) is 6.17. The van der Waals surface area contributed by atoms with E-state index in [0.717, 1.165) is 25.3 Å². The molecule has 1 aromatic carbocycles. The molecule has 2 rings (SSSR count). The molecule has 0 heterocycles. The molecule has 0 spiro atoms. The number of carbonyl (C=O) groups is 1. The highest BCUT2D eigenvalue weighted by Crippen LogP contribution is 2.48. The Balaban J connectivity index is 1.83. The SMILES string of the molecule is COCCC1(CNC(C)c2ccc(NC(N)=O)cc2)CC1. The third-order valence-corrected chi connectivity index (χ3v) is 4.26. The molecule has 1 unspecified atom stereocenters. The molecule has 1 aliphatic carbocycles. The van der Waals surface area contributed by atoms with Crippen molar-refractivity contribution in [1.29, 1.82) is 0 Å². The molecular weight excluding hydrogens is 266 g/mol. The molecule has 0 aliphatic heterocycles. The molecule has 5 heteroatoms. The number of nitrogens with one attached hydrogen (secondary N) is 2. The topological polar surface area (TPSA) is 76.4 Å². The van der Waals surface area contributed by atoms with Crippen LogP contribution >= 0.6 is 0 Å². The van der Waals surface area contributed by atoms with E-state index in [1.165, 1.54) is 18.4 Å². The lowest BCUT2D eigenvalue weighted by Gasteiger charge is -2.20. The summed E-state index contributed by atoms with van der Waals surface area (Å²) in [6.45, 7) is 4.02. The van der Waals surface area contributed by atoms with Crippen molar-refractivity contribution in [2.24, 2.45) is 11.1 Å². The van der Waals surface area contributed by atoms with E-state index in [1.807, 2.05) is 24.3 Å². The maximum atomic E-state index is 10.8. The fourth-order valence-electron chi connectivity index (χ4n) is 2.50. The summed E-state index contributed by atoms with van der Waals surface area (Å²) in [6, 6.07) is 7.51. The summed E-state index contributed by atoms with van der Waals surface area (Å²) in [5.74, 6) is 0. The van der Waals surface area contributed by atoms with Crippen molar-refractivity contribution in [1.82, 2.24) is 5.32 Å². The van der Waals surface area contributed by atoms with Crippen molar-refractivity contribution in [2.75, 3.05) is 25.6 Å². The van der Waals surface area contributed by atoms with Gasteiger partial charge in [-0.1, -0.05) is 12.1 Å². The van der Waals surface area contributed by atoms with Crippen molar-refractivity contribution in [3.8, 4) is 0 Å². The molecule has 1 atom stereocenters. The smallest absolute Gasteiger partial charge is 0.316 e. The first-order valence-electron chi connectivity index (χ1n) is 7.43. The second-order valence-corrected chi connectivity index (χ2v) is 5.96. The average molecular weight is 291 g/mol. The number of nitrogens with two attached hydrogens (primary N) is 1. The number of hydrogen-bond donors (Lipinski definition) is 3. The highest BCUT2D eigenvalue weighted by Gasteiger charge is 2.41. The van der Waals surface area contributed by atoms with Gasteiger partial charge in [0.05, 0.1) is 0 Å². The van der Waals surface area contributed by atoms with Gasteiger partial charge in [-0.3, -0.25) is 0 Å². The van der Waals surface area contributed by atoms with Crippen molar-refractivity contribution in [3.05, 3.63) is 29.8 Å². The standard InChI is InChI=1S/C16H25N3O2/c1-12(18-11-16(7-8-16)9-10-21-2)13-3-5-14(6-4-13)19-15(17)20/h3-6,12,18H,7-11H2,1-2H3,(H3,17,19,20). The van der Waals surface area contributed by atoms with Crippen LogP contribution in [0.25, 0.3) is 0 Å². The number of ether oxygens (including phenoxy) is 1. The number of primary amides is 1. The molecular formula is C16H25N3O2. The molecule has 0 bridgehead atoms. The first-order chi connectivity index (χ1) is 10.0. The van der Waals surface area contributed by atoms with E-state index < -0.39 is 6.03 Å². The summed E-state index contributed by atoms with van der Waals surface area (Å²) in [7, 11) is 1.76. The lowest BCUT2D eigenvalue weighted by Crippen LogP contribution is -2.27. The van der Waals surface area contributed by atoms with Crippen LogP contribution in [0.3, 0.4) is 0 Å². The Labute approximate surface area is 126 Å². The Morgan fingerprint density at radius 1 is 1.38 bits per heavy atom. The zero-order valence-electron chi connectivity index (χ0n) is 12.8. The molecule has 1 aromatic rings. The van der Waals surface area contributed by atoms with Gasteiger partial charge in [0, 0.05) is 32.0 Å². The van der Waals surface area contributed by atoms with Crippen molar-refractivity contribution in [2.45, 2.75) is 32.2 Å². The molecule has 1 saturated carbocycles. The number of benzene rings is 1. The van der Waals surface area contributed by atoms with Crippen molar-refractivity contribution in [3.63, 3.8) is 0 Å². The van der Waals surface area contributed by atoms with Gasteiger partial charge in [0.15, 0.2) is 0 Å². The zero-order chi connectivity index (χ0) is 15.3. The van der Waals surface area contributed by atoms with Crippen LogP contribution in [0.15, 0.2) is 24.3 Å². The summed E-state index contributed by atoms with van der Waals surface area (Å²) in [6.07, 6.45) is 3.71. The summed E-state index contributed by atoms with van der Waals surface area (Å²) in [4.78, 5) is 10.8. The Hall–Kier alpha value is -1.59. The van der Waals surface area contributed by atoms with Gasteiger partial charge in [-0.15, -0.1) is 0 Å². The predicted octanol–water partition coefficient (Wildman–Crippen LogP) is 2.64. The van der Waals surface area contributed by atoms with Gasteiger partial charge in [0.1, 0.15) is 0 Å². The van der Waals surface area contributed by atoms with Crippen LogP contribution in [0, 0.1) is 5.41 Å². The minimum Gasteiger partial charge on any atom is -0.385 e. The van der Waals surface area contributed by atoms with E-state index in [-0.39, 0.29) is 6.04 Å². The average Bonchev–Trinajstić information content (AvgIpc) is 3.23. The minimum absolute atomic E-state index is 0.285. The highest BCUT2D eigenvalue weighted by atomic mass is 16.5. The normalized spacial score (nSPS) is 17.2. The molecule has 0 saturated heterocycles. The van der Waals surface area contributed by atoms with E-state index in [4.69, 9.17) is 10.5 Å². The van der Waals surface area contributed by atoms with Gasteiger partial charge >= 0.3 is 6.03 Å². The third kappa shape index (κ3) is 4.72. The molecule has 2 amide bonds. The molecule has 0 radical (unpaired) electrons. The fraction of sp³-hybridized carbons (Fsp3) is 0.562. The molecule has 1 aliphatic rings. The van der Waals surface area contributed by atoms with E-state index in [9.17, 15) is 4.79 Å². The van der Waals surface area contributed by atoms with Crippen LogP contribution in [0.4, 0.5) is 10.5 Å². The monoisotopic (exact) mass is 291 g/mol. The van der Waals surface area contributed by atoms with Gasteiger partial charge in [0.25, 0.3) is 0 Å². The maximum Gasteiger partial charge on any atom is 0.316 e. The largest absolute Gasteiger partial charge is 0.385 e. The van der Waals surface area contributed by atoms with E-state index >= 15 is 0 Å². The highest BCUT2D eigenvalue weighted by molar-refractivity contribution is 5.87. The van der Waals surface area contributed by atoms with E-state index in [1.54, 1.807) is 7.11 Å². The maximum absolute atomic E-state index is 10.8. The van der Waals surface area contributed by atoms with Crippen LogP contribution in [-0.2, 0) is 4.74 Å². The second-order valence-electron chi connectivity index (χ2n) is 5.96. The van der Waals surface area contributed by atoms with Gasteiger partial charge in [-0.05, 0) is 49.3 Å². The minimum atomic E-state index is -0.539. The van der Waals surface area contributed by atoms with E-state index in [0.29, 0.717) is 5.41 Å². The van der Waals surface area contributed by atoms with Gasteiger partial charge in [-0.25, -0.2) is 4.79 Å².